The predicted octanol–water partition coefficient (Wildman–Crippen LogP) is 17.3. The quantitative estimate of drug-likeness (QED) is 0.0272. The van der Waals surface area contributed by atoms with Crippen LogP contribution in [0.3, 0.4) is 0 Å². The topological polar surface area (TPSA) is 108 Å². The van der Waals surface area contributed by atoms with Gasteiger partial charge in [0, 0.05) is 6.42 Å². The molecule has 0 rings (SSSR count). The number of phosphoric ester groups is 1. The van der Waals surface area contributed by atoms with Gasteiger partial charge in [0.2, 0.25) is 5.91 Å². The molecule has 1 amide bonds. The average Bonchev–Trinajstić information content (AvgIpc) is 3.31. The van der Waals surface area contributed by atoms with Gasteiger partial charge in [0.1, 0.15) is 13.2 Å². The summed E-state index contributed by atoms with van der Waals surface area (Å²) in [6.45, 7) is 4.63. The summed E-state index contributed by atoms with van der Waals surface area (Å²) < 4.78 is 23.3. The average molecular weight is 992 g/mol. The molecule has 0 aliphatic rings. The number of rotatable bonds is 54. The molecule has 2 N–H and O–H groups in total. The van der Waals surface area contributed by atoms with Gasteiger partial charge in [0.15, 0.2) is 0 Å². The highest BCUT2D eigenvalue weighted by molar-refractivity contribution is 7.45. The number of nitrogens with one attached hydrogen (secondary N) is 1. The maximum atomic E-state index is 12.9. The highest BCUT2D eigenvalue weighted by atomic mass is 31.2. The highest BCUT2D eigenvalue weighted by Crippen LogP contribution is 2.38. The number of hydrogen-bond donors (Lipinski definition) is 2. The van der Waals surface area contributed by atoms with Crippen molar-refractivity contribution >= 4 is 13.7 Å². The molecule has 0 aromatic rings. The SMILES string of the molecule is CCCCCCCCC/C=C\CCCCCCCC(=O)NC(COP(=O)([O-])OCC[N+](C)(C)C)C(O)/C=C/CC/C=C/CC/C=C/CCCCCCCCCCCCCCCCCCCCCCC. The molecule has 0 heterocycles. The second-order valence-electron chi connectivity index (χ2n) is 21.3. The van der Waals surface area contributed by atoms with Crippen LogP contribution in [0.15, 0.2) is 48.6 Å². The van der Waals surface area contributed by atoms with E-state index < -0.39 is 26.6 Å². The lowest BCUT2D eigenvalue weighted by Gasteiger charge is -2.29. The molecule has 69 heavy (non-hydrogen) atoms. The lowest BCUT2D eigenvalue weighted by atomic mass is 10.0. The van der Waals surface area contributed by atoms with Crippen molar-refractivity contribution in [3.63, 3.8) is 0 Å². The Kier molecular flexibility index (Phi) is 50.2. The Morgan fingerprint density at radius 3 is 1.17 bits per heavy atom. The summed E-state index contributed by atoms with van der Waals surface area (Å²) in [4.78, 5) is 25.4. The molecule has 0 bridgehead atoms. The van der Waals surface area contributed by atoms with Crippen LogP contribution in [0.25, 0.3) is 0 Å². The van der Waals surface area contributed by atoms with Crippen LogP contribution < -0.4 is 10.2 Å². The maximum absolute atomic E-state index is 12.9. The third-order valence-electron chi connectivity index (χ3n) is 13.2. The predicted molar refractivity (Wildman–Crippen MR) is 298 cm³/mol. The van der Waals surface area contributed by atoms with E-state index in [1.807, 2.05) is 27.2 Å². The summed E-state index contributed by atoms with van der Waals surface area (Å²) in [5.41, 5.74) is 0. The van der Waals surface area contributed by atoms with Crippen LogP contribution in [0.5, 0.6) is 0 Å². The zero-order valence-electron chi connectivity index (χ0n) is 46.3. The first-order chi connectivity index (χ1) is 33.5. The van der Waals surface area contributed by atoms with Gasteiger partial charge in [0.25, 0.3) is 7.82 Å². The second-order valence-corrected chi connectivity index (χ2v) is 22.7. The normalized spacial score (nSPS) is 14.2. The molecule has 8 nitrogen and oxygen atoms in total. The Morgan fingerprint density at radius 2 is 0.812 bits per heavy atom. The largest absolute Gasteiger partial charge is 0.756 e. The van der Waals surface area contributed by atoms with E-state index in [0.717, 1.165) is 64.2 Å². The van der Waals surface area contributed by atoms with Gasteiger partial charge >= 0.3 is 0 Å². The van der Waals surface area contributed by atoms with Gasteiger partial charge in [-0.25, -0.2) is 0 Å². The van der Waals surface area contributed by atoms with Crippen LogP contribution in [0.4, 0.5) is 0 Å². The van der Waals surface area contributed by atoms with E-state index in [9.17, 15) is 19.4 Å². The van der Waals surface area contributed by atoms with Crippen molar-refractivity contribution < 1.29 is 32.9 Å². The van der Waals surface area contributed by atoms with Crippen LogP contribution >= 0.6 is 7.82 Å². The van der Waals surface area contributed by atoms with Crippen molar-refractivity contribution in [2.24, 2.45) is 0 Å². The lowest BCUT2D eigenvalue weighted by molar-refractivity contribution is -0.870. The summed E-state index contributed by atoms with van der Waals surface area (Å²) in [5.74, 6) is -0.219. The molecule has 0 spiro atoms. The molecular weight excluding hydrogens is 876 g/mol. The van der Waals surface area contributed by atoms with Crippen LogP contribution in [0.1, 0.15) is 277 Å². The Morgan fingerprint density at radius 1 is 0.493 bits per heavy atom. The molecule has 0 fully saturated rings. The fourth-order valence-electron chi connectivity index (χ4n) is 8.59. The molecule has 0 saturated carbocycles. The van der Waals surface area contributed by atoms with Gasteiger partial charge in [-0.05, 0) is 70.6 Å². The van der Waals surface area contributed by atoms with Crippen molar-refractivity contribution in [1.82, 2.24) is 5.32 Å². The van der Waals surface area contributed by atoms with Gasteiger partial charge in [-0.2, -0.15) is 0 Å². The number of likely N-dealkylation sites (N-methyl/N-ethyl adjacent to an activating group) is 1. The van der Waals surface area contributed by atoms with Crippen molar-refractivity contribution in [2.75, 3.05) is 40.9 Å². The van der Waals surface area contributed by atoms with Crippen LogP contribution in [-0.2, 0) is 18.4 Å². The van der Waals surface area contributed by atoms with Crippen molar-refractivity contribution in [3.05, 3.63) is 48.6 Å². The smallest absolute Gasteiger partial charge is 0.268 e. The standard InChI is InChI=1S/C60H115N2O6P/c1-6-8-10-12-14-16-18-20-22-24-25-26-27-28-29-30-31-32-33-34-35-36-37-38-39-41-43-45-47-49-51-53-59(63)58(57-68-69(65,66)67-56-55-62(3,4)5)61-60(64)54-52-50-48-46-44-42-40-23-21-19-17-15-13-11-9-7-2/h23,37-38,40,43,45,51,53,58-59,63H,6-22,24-36,39,41-42,44,46-50,52,54-57H2,1-5H3,(H-,61,64,65,66)/b38-37+,40-23-,45-43+,53-51+. The molecular formula is C60H115N2O6P. The monoisotopic (exact) mass is 991 g/mol. The number of carbonyl (C=O) groups is 1. The molecule has 3 atom stereocenters. The molecule has 0 saturated heterocycles. The molecule has 9 heteroatoms. The minimum absolute atomic E-state index is 0.0111. The van der Waals surface area contributed by atoms with E-state index in [1.165, 1.54) is 193 Å². The Bertz CT molecular complexity index is 1260. The number of allylic oxidation sites excluding steroid dienone is 7. The molecule has 0 aliphatic heterocycles. The number of aliphatic hydroxyl groups is 1. The van der Waals surface area contributed by atoms with Gasteiger partial charge in [-0.1, -0.05) is 249 Å². The third-order valence-corrected chi connectivity index (χ3v) is 14.2. The molecule has 0 aromatic carbocycles. The number of unbranched alkanes of at least 4 members (excludes halogenated alkanes) is 35. The zero-order valence-corrected chi connectivity index (χ0v) is 47.2. The molecule has 3 unspecified atom stereocenters. The third kappa shape index (κ3) is 54.1. The number of carbonyl (C=O) groups excluding carboxylic acids is 1. The fraction of sp³-hybridized carbons (Fsp3) is 0.850. The van der Waals surface area contributed by atoms with Crippen molar-refractivity contribution in [1.29, 1.82) is 0 Å². The number of amides is 1. The summed E-state index contributed by atoms with van der Waals surface area (Å²) in [6, 6.07) is -0.915. The Labute approximate surface area is 429 Å². The molecule has 0 aliphatic carbocycles. The van der Waals surface area contributed by atoms with E-state index in [1.54, 1.807) is 6.08 Å². The second kappa shape index (κ2) is 51.4. The first-order valence-corrected chi connectivity index (χ1v) is 31.0. The van der Waals surface area contributed by atoms with E-state index >= 15 is 0 Å². The number of hydrogen-bond acceptors (Lipinski definition) is 6. The van der Waals surface area contributed by atoms with Crippen LogP contribution in [-0.4, -0.2) is 68.5 Å². The molecule has 0 aromatic heterocycles. The van der Waals surface area contributed by atoms with E-state index in [0.29, 0.717) is 17.4 Å². The van der Waals surface area contributed by atoms with E-state index in [2.05, 4.69) is 55.6 Å². The number of phosphoric acid groups is 1. The van der Waals surface area contributed by atoms with Crippen LogP contribution in [0.2, 0.25) is 0 Å². The Hall–Kier alpha value is -1.54. The van der Waals surface area contributed by atoms with Gasteiger partial charge < -0.3 is 28.8 Å². The number of quaternary nitrogens is 1. The molecule has 0 radical (unpaired) electrons. The number of nitrogens with zero attached hydrogens (tertiary/aromatic N) is 1. The fourth-order valence-corrected chi connectivity index (χ4v) is 9.32. The minimum atomic E-state index is -4.61. The Balaban J connectivity index is 4.20. The summed E-state index contributed by atoms with van der Waals surface area (Å²) in [7, 11) is 1.23. The van der Waals surface area contributed by atoms with Gasteiger partial charge in [-0.3, -0.25) is 9.36 Å². The summed E-state index contributed by atoms with van der Waals surface area (Å²) in [6.07, 6.45) is 67.8. The van der Waals surface area contributed by atoms with Crippen LogP contribution in [0, 0.1) is 0 Å². The lowest BCUT2D eigenvalue weighted by Crippen LogP contribution is -2.45. The zero-order chi connectivity index (χ0) is 50.6. The minimum Gasteiger partial charge on any atom is -0.756 e. The summed E-state index contributed by atoms with van der Waals surface area (Å²) in [5, 5.41) is 13.8. The maximum Gasteiger partial charge on any atom is 0.268 e. The highest BCUT2D eigenvalue weighted by Gasteiger charge is 2.23. The van der Waals surface area contributed by atoms with Crippen molar-refractivity contribution in [2.45, 2.75) is 289 Å². The first kappa shape index (κ1) is 67.5. The molecule has 406 valence electrons. The van der Waals surface area contributed by atoms with E-state index in [4.69, 9.17) is 9.05 Å². The van der Waals surface area contributed by atoms with Gasteiger partial charge in [0.05, 0.1) is 39.9 Å². The summed E-state index contributed by atoms with van der Waals surface area (Å²) >= 11 is 0. The number of aliphatic hydroxyl groups excluding tert-OH is 1. The van der Waals surface area contributed by atoms with Crippen molar-refractivity contribution in [3.8, 4) is 0 Å². The van der Waals surface area contributed by atoms with E-state index in [-0.39, 0.29) is 12.5 Å². The van der Waals surface area contributed by atoms with Gasteiger partial charge in [-0.15, -0.1) is 0 Å². The first-order valence-electron chi connectivity index (χ1n) is 29.5.